The van der Waals surface area contributed by atoms with Crippen molar-refractivity contribution in [3.8, 4) is 11.3 Å². The van der Waals surface area contributed by atoms with Gasteiger partial charge in [-0.1, -0.05) is 69.9 Å². The van der Waals surface area contributed by atoms with Crippen molar-refractivity contribution in [2.45, 2.75) is 52.4 Å². The molecule has 1 heterocycles. The van der Waals surface area contributed by atoms with Crippen molar-refractivity contribution < 1.29 is 4.79 Å². The van der Waals surface area contributed by atoms with Crippen molar-refractivity contribution >= 4 is 11.7 Å². The summed E-state index contributed by atoms with van der Waals surface area (Å²) in [5, 5.41) is 3.00. The zero-order valence-corrected chi connectivity index (χ0v) is 15.2. The Balaban J connectivity index is 1.88. The number of aromatic nitrogens is 2. The highest BCUT2D eigenvalue weighted by Crippen LogP contribution is 2.30. The van der Waals surface area contributed by atoms with E-state index in [1.807, 2.05) is 44.2 Å². The van der Waals surface area contributed by atoms with Gasteiger partial charge in [-0.3, -0.25) is 4.79 Å². The third kappa shape index (κ3) is 4.44. The van der Waals surface area contributed by atoms with Crippen LogP contribution < -0.4 is 5.32 Å². The molecule has 0 bridgehead atoms. The van der Waals surface area contributed by atoms with Gasteiger partial charge in [-0.2, -0.15) is 0 Å². The number of hydrogen-bond donors (Lipinski definition) is 1. The van der Waals surface area contributed by atoms with Crippen LogP contribution in [0.5, 0.6) is 0 Å². The van der Waals surface area contributed by atoms with Gasteiger partial charge in [0.05, 0.1) is 17.6 Å². The Hall–Kier alpha value is -2.23. The van der Waals surface area contributed by atoms with Crippen LogP contribution >= 0.6 is 0 Å². The average molecular weight is 337 g/mol. The highest BCUT2D eigenvalue weighted by molar-refractivity contribution is 5.91. The minimum atomic E-state index is -0.0186. The molecule has 1 aromatic carbocycles. The Bertz CT molecular complexity index is 708. The van der Waals surface area contributed by atoms with E-state index in [-0.39, 0.29) is 11.8 Å². The van der Waals surface area contributed by atoms with Crippen LogP contribution in [0.15, 0.2) is 36.5 Å². The fourth-order valence-electron chi connectivity index (χ4n) is 3.34. The molecule has 25 heavy (non-hydrogen) atoms. The van der Waals surface area contributed by atoms with Gasteiger partial charge >= 0.3 is 0 Å². The molecule has 1 aliphatic carbocycles. The Kier molecular flexibility index (Phi) is 5.79. The minimum Gasteiger partial charge on any atom is -0.309 e. The van der Waals surface area contributed by atoms with E-state index in [9.17, 15) is 4.79 Å². The van der Waals surface area contributed by atoms with Crippen LogP contribution in [-0.2, 0) is 11.2 Å². The first kappa shape index (κ1) is 17.6. The number of hydrogen-bond acceptors (Lipinski definition) is 3. The first-order valence-electron chi connectivity index (χ1n) is 9.39. The lowest BCUT2D eigenvalue weighted by Gasteiger charge is -2.16. The molecular weight excluding hydrogens is 310 g/mol. The highest BCUT2D eigenvalue weighted by Gasteiger charge is 2.21. The first-order chi connectivity index (χ1) is 12.2. The van der Waals surface area contributed by atoms with E-state index in [0.717, 1.165) is 29.8 Å². The molecule has 0 radical (unpaired) electrons. The molecular formula is C21H27N3O. The van der Waals surface area contributed by atoms with Gasteiger partial charge < -0.3 is 5.32 Å². The molecule has 1 aromatic heterocycles. The van der Waals surface area contributed by atoms with Crippen molar-refractivity contribution in [3.63, 3.8) is 0 Å². The zero-order chi connectivity index (χ0) is 17.6. The molecule has 3 rings (SSSR count). The Morgan fingerprint density at radius 3 is 2.64 bits per heavy atom. The molecule has 1 aliphatic rings. The molecule has 1 amide bonds. The molecule has 0 spiro atoms. The number of anilines is 1. The summed E-state index contributed by atoms with van der Waals surface area (Å²) >= 11 is 0. The van der Waals surface area contributed by atoms with Crippen molar-refractivity contribution in [2.24, 2.45) is 11.8 Å². The van der Waals surface area contributed by atoms with Crippen LogP contribution in [0.3, 0.4) is 0 Å². The van der Waals surface area contributed by atoms with Crippen LogP contribution in [0, 0.1) is 11.8 Å². The molecule has 4 nitrogen and oxygen atoms in total. The summed E-state index contributed by atoms with van der Waals surface area (Å²) in [4.78, 5) is 21.7. The number of benzene rings is 1. The minimum absolute atomic E-state index is 0.0186. The van der Waals surface area contributed by atoms with Crippen molar-refractivity contribution in [1.29, 1.82) is 0 Å². The zero-order valence-electron chi connectivity index (χ0n) is 15.2. The number of carbonyl (C=O) groups is 1. The number of nitrogens with one attached hydrogen (secondary N) is 1. The number of nitrogens with zero attached hydrogens (tertiary/aromatic N) is 2. The number of amides is 1. The molecule has 1 atom stereocenters. The second kappa shape index (κ2) is 8.24. The maximum absolute atomic E-state index is 12.3. The summed E-state index contributed by atoms with van der Waals surface area (Å²) in [5.41, 5.74) is 2.85. The fraction of sp³-hybridized carbons (Fsp3) is 0.476. The predicted octanol–water partition coefficient (Wildman–Crippen LogP) is 4.86. The van der Waals surface area contributed by atoms with Crippen LogP contribution in [0.25, 0.3) is 11.3 Å². The van der Waals surface area contributed by atoms with Crippen molar-refractivity contribution in [3.05, 3.63) is 42.2 Å². The number of carbonyl (C=O) groups excluding carboxylic acids is 1. The van der Waals surface area contributed by atoms with Crippen molar-refractivity contribution in [2.75, 3.05) is 5.32 Å². The van der Waals surface area contributed by atoms with Gasteiger partial charge in [0.25, 0.3) is 0 Å². The fourth-order valence-corrected chi connectivity index (χ4v) is 3.34. The van der Waals surface area contributed by atoms with E-state index in [1.165, 1.54) is 25.7 Å². The van der Waals surface area contributed by atoms with Gasteiger partial charge in [0.15, 0.2) is 5.82 Å². The maximum Gasteiger partial charge on any atom is 0.228 e. The summed E-state index contributed by atoms with van der Waals surface area (Å²) in [6.45, 7) is 3.96. The smallest absolute Gasteiger partial charge is 0.228 e. The Labute approximate surface area is 150 Å². The lowest BCUT2D eigenvalue weighted by atomic mass is 10.0. The normalized spacial score (nSPS) is 15.9. The summed E-state index contributed by atoms with van der Waals surface area (Å²) in [6.07, 6.45) is 8.56. The molecule has 1 fully saturated rings. The number of rotatable bonds is 6. The molecule has 2 aromatic rings. The van der Waals surface area contributed by atoms with Crippen molar-refractivity contribution in [1.82, 2.24) is 9.97 Å². The summed E-state index contributed by atoms with van der Waals surface area (Å²) in [5.74, 6) is 1.29. The standard InChI is InChI=1S/C21H27N3O/c1-3-15(2)21(25)24-20-18(13-16-9-7-8-10-16)23-19(14-22-20)17-11-5-4-6-12-17/h4-6,11-12,14-16H,3,7-10,13H2,1-2H3,(H,22,24,25). The maximum atomic E-state index is 12.3. The van der Waals surface area contributed by atoms with Crippen LogP contribution in [0.1, 0.15) is 51.6 Å². The van der Waals surface area contributed by atoms with E-state index < -0.39 is 0 Å². The Morgan fingerprint density at radius 2 is 1.96 bits per heavy atom. The van der Waals surface area contributed by atoms with E-state index in [1.54, 1.807) is 6.20 Å². The van der Waals surface area contributed by atoms with E-state index in [0.29, 0.717) is 11.7 Å². The van der Waals surface area contributed by atoms with E-state index in [4.69, 9.17) is 4.98 Å². The average Bonchev–Trinajstić information content (AvgIpc) is 3.16. The topological polar surface area (TPSA) is 54.9 Å². The van der Waals surface area contributed by atoms with E-state index >= 15 is 0 Å². The molecule has 0 saturated heterocycles. The quantitative estimate of drug-likeness (QED) is 0.819. The molecule has 4 heteroatoms. The van der Waals surface area contributed by atoms with Gasteiger partial charge in [-0.25, -0.2) is 9.97 Å². The lowest BCUT2D eigenvalue weighted by molar-refractivity contribution is -0.119. The SMILES string of the molecule is CCC(C)C(=O)Nc1ncc(-c2ccccc2)nc1CC1CCCC1. The molecule has 1 saturated carbocycles. The Morgan fingerprint density at radius 1 is 1.24 bits per heavy atom. The van der Waals surface area contributed by atoms with Crippen LogP contribution in [-0.4, -0.2) is 15.9 Å². The highest BCUT2D eigenvalue weighted by atomic mass is 16.1. The molecule has 0 aliphatic heterocycles. The summed E-state index contributed by atoms with van der Waals surface area (Å²) in [7, 11) is 0. The third-order valence-corrected chi connectivity index (χ3v) is 5.17. The lowest BCUT2D eigenvalue weighted by Crippen LogP contribution is -2.22. The summed E-state index contributed by atoms with van der Waals surface area (Å²) < 4.78 is 0. The second-order valence-corrected chi connectivity index (χ2v) is 7.07. The van der Waals surface area contributed by atoms with Crippen LogP contribution in [0.4, 0.5) is 5.82 Å². The monoisotopic (exact) mass is 337 g/mol. The predicted molar refractivity (Wildman–Crippen MR) is 101 cm³/mol. The van der Waals surface area contributed by atoms with Gasteiger partial charge in [0.2, 0.25) is 5.91 Å². The third-order valence-electron chi connectivity index (χ3n) is 5.17. The van der Waals surface area contributed by atoms with Crippen LogP contribution in [0.2, 0.25) is 0 Å². The molecule has 132 valence electrons. The summed E-state index contributed by atoms with van der Waals surface area (Å²) in [6, 6.07) is 10.1. The van der Waals surface area contributed by atoms with Gasteiger partial charge in [-0.05, 0) is 18.8 Å². The first-order valence-corrected chi connectivity index (χ1v) is 9.39. The second-order valence-electron chi connectivity index (χ2n) is 7.07. The van der Waals surface area contributed by atoms with Gasteiger partial charge in [-0.15, -0.1) is 0 Å². The molecule has 1 unspecified atom stereocenters. The van der Waals surface area contributed by atoms with Gasteiger partial charge in [0.1, 0.15) is 0 Å². The molecule has 1 N–H and O–H groups in total. The largest absolute Gasteiger partial charge is 0.309 e. The van der Waals surface area contributed by atoms with Gasteiger partial charge in [0, 0.05) is 11.5 Å². The van der Waals surface area contributed by atoms with E-state index in [2.05, 4.69) is 10.3 Å².